The van der Waals surface area contributed by atoms with Crippen LogP contribution in [0.4, 0.5) is 0 Å². The van der Waals surface area contributed by atoms with E-state index in [1.54, 1.807) is 24.3 Å². The number of benzene rings is 1. The molecule has 0 bridgehead atoms. The van der Waals surface area contributed by atoms with E-state index in [0.717, 1.165) is 0 Å². The van der Waals surface area contributed by atoms with Gasteiger partial charge in [0.1, 0.15) is 0 Å². The normalized spacial score (nSPS) is 13.2. The van der Waals surface area contributed by atoms with Crippen LogP contribution in [0, 0.1) is 5.41 Å². The summed E-state index contributed by atoms with van der Waals surface area (Å²) < 4.78 is 0. The molecule has 0 heterocycles. The van der Waals surface area contributed by atoms with Crippen molar-refractivity contribution in [2.24, 2.45) is 11.1 Å². The zero-order valence-electron chi connectivity index (χ0n) is 9.82. The van der Waals surface area contributed by atoms with Gasteiger partial charge >= 0.3 is 5.97 Å². The number of carboxylic acids is 1. The first-order chi connectivity index (χ1) is 7.34. The van der Waals surface area contributed by atoms with Gasteiger partial charge in [0.15, 0.2) is 0 Å². The summed E-state index contributed by atoms with van der Waals surface area (Å²) >= 11 is 0. The number of hydrogen-bond donors (Lipinski definition) is 2. The van der Waals surface area contributed by atoms with Gasteiger partial charge in [-0.1, -0.05) is 51.1 Å². The van der Waals surface area contributed by atoms with E-state index < -0.39 is 5.97 Å². The molecule has 0 spiro atoms. The van der Waals surface area contributed by atoms with Gasteiger partial charge in [0.25, 0.3) is 0 Å². The van der Waals surface area contributed by atoms with Crippen LogP contribution in [0.1, 0.15) is 26.3 Å². The van der Waals surface area contributed by atoms with Crippen molar-refractivity contribution in [2.45, 2.75) is 20.8 Å². The lowest BCUT2D eigenvalue weighted by Gasteiger charge is -2.21. The Morgan fingerprint density at radius 2 is 1.69 bits per heavy atom. The molecule has 0 fully saturated rings. The number of hydrogen-bond acceptors (Lipinski definition) is 2. The van der Waals surface area contributed by atoms with E-state index in [2.05, 4.69) is 0 Å². The minimum Gasteiger partial charge on any atom is -0.478 e. The molecule has 86 valence electrons. The van der Waals surface area contributed by atoms with E-state index in [-0.39, 0.29) is 11.0 Å². The van der Waals surface area contributed by atoms with Crippen LogP contribution in [-0.2, 0) is 4.79 Å². The van der Waals surface area contributed by atoms with Crippen molar-refractivity contribution in [3.05, 3.63) is 41.6 Å². The first kappa shape index (κ1) is 12.3. The van der Waals surface area contributed by atoms with Gasteiger partial charge in [-0.05, 0) is 5.56 Å². The van der Waals surface area contributed by atoms with Gasteiger partial charge in [-0.15, -0.1) is 0 Å². The second-order valence-corrected chi connectivity index (χ2v) is 4.71. The van der Waals surface area contributed by atoms with Crippen LogP contribution in [0.3, 0.4) is 0 Å². The molecule has 0 aliphatic rings. The van der Waals surface area contributed by atoms with Gasteiger partial charge in [-0.3, -0.25) is 0 Å². The van der Waals surface area contributed by atoms with Crippen molar-refractivity contribution < 1.29 is 9.90 Å². The van der Waals surface area contributed by atoms with Crippen LogP contribution in [0.25, 0.3) is 5.57 Å². The zero-order valence-corrected chi connectivity index (χ0v) is 9.82. The van der Waals surface area contributed by atoms with E-state index >= 15 is 0 Å². The maximum absolute atomic E-state index is 11.3. The molecule has 16 heavy (non-hydrogen) atoms. The summed E-state index contributed by atoms with van der Waals surface area (Å²) in [6.45, 7) is 5.69. The van der Waals surface area contributed by atoms with Crippen molar-refractivity contribution in [3.63, 3.8) is 0 Å². The molecule has 0 saturated heterocycles. The van der Waals surface area contributed by atoms with Crippen LogP contribution in [0.5, 0.6) is 0 Å². The highest BCUT2D eigenvalue weighted by Crippen LogP contribution is 2.28. The molecule has 3 heteroatoms. The predicted molar refractivity (Wildman–Crippen MR) is 64.6 cm³/mol. The van der Waals surface area contributed by atoms with Gasteiger partial charge in [0.05, 0.1) is 5.57 Å². The van der Waals surface area contributed by atoms with Crippen molar-refractivity contribution in [1.29, 1.82) is 0 Å². The molecule has 1 aromatic carbocycles. The SMILES string of the molecule is CC(C)(C)C(N)=C(C(=O)O)c1ccccc1. The van der Waals surface area contributed by atoms with Gasteiger partial charge in [0.2, 0.25) is 0 Å². The lowest BCUT2D eigenvalue weighted by atomic mass is 9.87. The quantitative estimate of drug-likeness (QED) is 0.751. The highest BCUT2D eigenvalue weighted by Gasteiger charge is 2.23. The minimum atomic E-state index is -0.987. The van der Waals surface area contributed by atoms with Crippen LogP contribution in [0.15, 0.2) is 36.0 Å². The molecule has 0 unspecified atom stereocenters. The van der Waals surface area contributed by atoms with E-state index in [1.165, 1.54) is 0 Å². The summed E-state index contributed by atoms with van der Waals surface area (Å²) in [5.41, 5.74) is 6.79. The molecular formula is C13H17NO2. The molecule has 3 nitrogen and oxygen atoms in total. The monoisotopic (exact) mass is 219 g/mol. The van der Waals surface area contributed by atoms with Crippen molar-refractivity contribution >= 4 is 11.5 Å². The summed E-state index contributed by atoms with van der Waals surface area (Å²) in [5.74, 6) is -0.987. The third kappa shape index (κ3) is 2.63. The van der Waals surface area contributed by atoms with E-state index in [0.29, 0.717) is 11.3 Å². The van der Waals surface area contributed by atoms with Crippen molar-refractivity contribution in [2.75, 3.05) is 0 Å². The molecule has 1 rings (SSSR count). The second kappa shape index (κ2) is 4.39. The number of carboxylic acid groups (broad SMARTS) is 1. The highest BCUT2D eigenvalue weighted by molar-refractivity contribution is 6.16. The van der Waals surface area contributed by atoms with Gasteiger partial charge in [-0.2, -0.15) is 0 Å². The summed E-state index contributed by atoms with van der Waals surface area (Å²) in [6.07, 6.45) is 0. The first-order valence-corrected chi connectivity index (χ1v) is 5.13. The molecule has 1 aromatic rings. The van der Waals surface area contributed by atoms with Crippen LogP contribution in [-0.4, -0.2) is 11.1 Å². The Morgan fingerprint density at radius 1 is 1.19 bits per heavy atom. The lowest BCUT2D eigenvalue weighted by molar-refractivity contribution is -0.130. The van der Waals surface area contributed by atoms with E-state index in [1.807, 2.05) is 26.8 Å². The lowest BCUT2D eigenvalue weighted by Crippen LogP contribution is -2.22. The second-order valence-electron chi connectivity index (χ2n) is 4.71. The fourth-order valence-electron chi connectivity index (χ4n) is 1.37. The van der Waals surface area contributed by atoms with Gasteiger partial charge in [-0.25, -0.2) is 4.79 Å². The third-order valence-electron chi connectivity index (χ3n) is 2.35. The molecule has 0 aliphatic heterocycles. The summed E-state index contributed by atoms with van der Waals surface area (Å²) in [4.78, 5) is 11.3. The Hall–Kier alpha value is -1.77. The molecular weight excluding hydrogens is 202 g/mol. The van der Waals surface area contributed by atoms with Crippen LogP contribution < -0.4 is 5.73 Å². The average Bonchev–Trinajstić information content (AvgIpc) is 2.17. The zero-order chi connectivity index (χ0) is 12.3. The van der Waals surface area contributed by atoms with Crippen LogP contribution >= 0.6 is 0 Å². The average molecular weight is 219 g/mol. The van der Waals surface area contributed by atoms with Crippen molar-refractivity contribution in [3.8, 4) is 0 Å². The van der Waals surface area contributed by atoms with E-state index in [9.17, 15) is 9.90 Å². The molecule has 0 radical (unpaired) electrons. The Labute approximate surface area is 95.6 Å². The number of carbonyl (C=O) groups is 1. The Bertz CT molecular complexity index is 413. The molecule has 0 atom stereocenters. The van der Waals surface area contributed by atoms with Crippen LogP contribution in [0.2, 0.25) is 0 Å². The minimum absolute atomic E-state index is 0.188. The Morgan fingerprint density at radius 3 is 2.06 bits per heavy atom. The summed E-state index contributed by atoms with van der Waals surface area (Å²) in [6, 6.07) is 8.95. The van der Waals surface area contributed by atoms with Gasteiger partial charge < -0.3 is 10.8 Å². The number of aliphatic carboxylic acids is 1. The Balaban J connectivity index is 3.37. The Kier molecular flexibility index (Phi) is 3.38. The highest BCUT2D eigenvalue weighted by atomic mass is 16.4. The fourth-order valence-corrected chi connectivity index (χ4v) is 1.37. The molecule has 0 aromatic heterocycles. The maximum atomic E-state index is 11.3. The molecule has 3 N–H and O–H groups in total. The van der Waals surface area contributed by atoms with Gasteiger partial charge in [0, 0.05) is 11.1 Å². The summed E-state index contributed by atoms with van der Waals surface area (Å²) in [7, 11) is 0. The number of rotatable bonds is 2. The van der Waals surface area contributed by atoms with E-state index in [4.69, 9.17) is 5.73 Å². The standard InChI is InChI=1S/C13H17NO2/c1-13(2,3)11(14)10(12(15)16)9-7-5-4-6-8-9/h4-8H,14H2,1-3H3,(H,15,16). The summed E-state index contributed by atoms with van der Waals surface area (Å²) in [5, 5.41) is 9.22. The molecule has 0 amide bonds. The number of allylic oxidation sites excluding steroid dienone is 1. The predicted octanol–water partition coefficient (Wildman–Crippen LogP) is 2.49. The van der Waals surface area contributed by atoms with Crippen molar-refractivity contribution in [1.82, 2.24) is 0 Å². The fraction of sp³-hybridized carbons (Fsp3) is 0.308. The molecule has 0 aliphatic carbocycles. The number of nitrogens with two attached hydrogens (primary N) is 1. The smallest absolute Gasteiger partial charge is 0.338 e. The first-order valence-electron chi connectivity index (χ1n) is 5.13. The topological polar surface area (TPSA) is 63.3 Å². The molecule has 0 saturated carbocycles. The largest absolute Gasteiger partial charge is 0.478 e. The third-order valence-corrected chi connectivity index (χ3v) is 2.35. The maximum Gasteiger partial charge on any atom is 0.338 e.